The molecule has 0 bridgehead atoms. The van der Waals surface area contributed by atoms with E-state index in [1.807, 2.05) is 31.1 Å². The minimum absolute atomic E-state index is 0.446. The summed E-state index contributed by atoms with van der Waals surface area (Å²) >= 11 is 0. The number of hydrogen-bond donors (Lipinski definition) is 1. The van der Waals surface area contributed by atoms with Crippen molar-refractivity contribution in [1.29, 1.82) is 0 Å². The van der Waals surface area contributed by atoms with Gasteiger partial charge in [0.25, 0.3) is 0 Å². The van der Waals surface area contributed by atoms with Gasteiger partial charge in [0.1, 0.15) is 12.2 Å². The summed E-state index contributed by atoms with van der Waals surface area (Å²) in [5.74, 6) is 2.94. The molecular formula is C18H23N7O. The third-order valence-corrected chi connectivity index (χ3v) is 4.04. The number of nitrogens with one attached hydrogen (secondary N) is 1. The van der Waals surface area contributed by atoms with E-state index in [1.54, 1.807) is 24.3 Å². The number of hydrogen-bond acceptors (Lipinski definition) is 5. The third kappa shape index (κ3) is 4.08. The van der Waals surface area contributed by atoms with Crippen LogP contribution in [0, 0.1) is 6.92 Å². The molecule has 0 amide bonds. The number of aliphatic imine (C=N–C) groups is 1. The van der Waals surface area contributed by atoms with Crippen LogP contribution in [0.2, 0.25) is 0 Å². The van der Waals surface area contributed by atoms with Crippen LogP contribution in [0.1, 0.15) is 17.3 Å². The van der Waals surface area contributed by atoms with Gasteiger partial charge in [-0.2, -0.15) is 5.10 Å². The Morgan fingerprint density at radius 3 is 2.69 bits per heavy atom. The number of nitrogens with zero attached hydrogens (tertiary/aromatic N) is 6. The third-order valence-electron chi connectivity index (χ3n) is 4.04. The highest BCUT2D eigenvalue weighted by Gasteiger charge is 2.12. The van der Waals surface area contributed by atoms with Crippen molar-refractivity contribution in [3.05, 3.63) is 54.1 Å². The summed E-state index contributed by atoms with van der Waals surface area (Å²) in [5.41, 5.74) is 2.23. The van der Waals surface area contributed by atoms with Crippen LogP contribution in [0.15, 0.2) is 46.2 Å². The molecule has 136 valence electrons. The lowest BCUT2D eigenvalue weighted by molar-refractivity contribution is 0.437. The van der Waals surface area contributed by atoms with E-state index in [2.05, 4.69) is 44.4 Å². The van der Waals surface area contributed by atoms with Crippen molar-refractivity contribution >= 4 is 5.96 Å². The first-order valence-corrected chi connectivity index (χ1v) is 8.33. The molecule has 0 unspecified atom stereocenters. The Labute approximate surface area is 152 Å². The Morgan fingerprint density at radius 1 is 1.27 bits per heavy atom. The highest BCUT2D eigenvalue weighted by Crippen LogP contribution is 2.20. The molecule has 1 N–H and O–H groups in total. The quantitative estimate of drug-likeness (QED) is 0.558. The highest BCUT2D eigenvalue weighted by molar-refractivity contribution is 5.79. The second-order valence-electron chi connectivity index (χ2n) is 6.04. The summed E-state index contributed by atoms with van der Waals surface area (Å²) in [4.78, 5) is 14.8. The van der Waals surface area contributed by atoms with Crippen LogP contribution in [-0.4, -0.2) is 44.7 Å². The molecule has 0 saturated carbocycles. The zero-order chi connectivity index (χ0) is 18.5. The summed E-state index contributed by atoms with van der Waals surface area (Å²) in [7, 11) is 5.55. The summed E-state index contributed by atoms with van der Waals surface area (Å²) in [6, 6.07) is 8.17. The van der Waals surface area contributed by atoms with Crippen LogP contribution in [0.5, 0.6) is 0 Å². The summed E-state index contributed by atoms with van der Waals surface area (Å²) in [5, 5.41) is 7.33. The lowest BCUT2D eigenvalue weighted by Gasteiger charge is -2.20. The number of aryl methyl sites for hydroxylation is 2. The van der Waals surface area contributed by atoms with Crippen molar-refractivity contribution in [3.63, 3.8) is 0 Å². The number of rotatable bonds is 5. The van der Waals surface area contributed by atoms with Crippen molar-refractivity contribution in [1.82, 2.24) is 30.0 Å². The Hall–Kier alpha value is -3.16. The average Bonchev–Trinajstić information content (AvgIpc) is 3.26. The topological polar surface area (TPSA) is 84.4 Å². The molecule has 0 aliphatic heterocycles. The van der Waals surface area contributed by atoms with Crippen molar-refractivity contribution < 1.29 is 4.42 Å². The first-order chi connectivity index (χ1) is 12.6. The van der Waals surface area contributed by atoms with Gasteiger partial charge in [0, 0.05) is 26.7 Å². The van der Waals surface area contributed by atoms with Crippen LogP contribution >= 0.6 is 0 Å². The molecule has 0 aliphatic rings. The number of guanidine groups is 1. The Balaban J connectivity index is 1.60. The Morgan fingerprint density at radius 2 is 2.04 bits per heavy atom. The largest absolute Gasteiger partial charge is 0.439 e. The first-order valence-electron chi connectivity index (χ1n) is 8.33. The number of oxazole rings is 1. The zero-order valence-corrected chi connectivity index (χ0v) is 15.5. The molecule has 2 aromatic heterocycles. The highest BCUT2D eigenvalue weighted by atomic mass is 16.4. The smallest absolute Gasteiger partial charge is 0.214 e. The molecule has 1 aromatic carbocycles. The minimum atomic E-state index is 0.446. The van der Waals surface area contributed by atoms with E-state index in [0.717, 1.165) is 23.1 Å². The predicted octanol–water partition coefficient (Wildman–Crippen LogP) is 1.99. The van der Waals surface area contributed by atoms with Gasteiger partial charge >= 0.3 is 0 Å². The van der Waals surface area contributed by atoms with Gasteiger partial charge in [0.05, 0.1) is 19.3 Å². The summed E-state index contributed by atoms with van der Waals surface area (Å²) < 4.78 is 7.58. The molecule has 0 spiro atoms. The lowest BCUT2D eigenvalue weighted by atomic mass is 10.1. The fraction of sp³-hybridized carbons (Fsp3) is 0.333. The molecule has 26 heavy (non-hydrogen) atoms. The predicted molar refractivity (Wildman–Crippen MR) is 99.3 cm³/mol. The van der Waals surface area contributed by atoms with Crippen molar-refractivity contribution in [2.75, 3.05) is 14.1 Å². The van der Waals surface area contributed by atoms with Gasteiger partial charge in [-0.25, -0.2) is 9.97 Å². The molecule has 3 rings (SSSR count). The average molecular weight is 353 g/mol. The van der Waals surface area contributed by atoms with E-state index in [-0.39, 0.29) is 0 Å². The van der Waals surface area contributed by atoms with Crippen LogP contribution < -0.4 is 5.32 Å². The fourth-order valence-corrected chi connectivity index (χ4v) is 2.53. The van der Waals surface area contributed by atoms with E-state index in [9.17, 15) is 0 Å². The minimum Gasteiger partial charge on any atom is -0.439 e. The van der Waals surface area contributed by atoms with Gasteiger partial charge in [-0.15, -0.1) is 0 Å². The molecule has 8 nitrogen and oxygen atoms in total. The van der Waals surface area contributed by atoms with Gasteiger partial charge < -0.3 is 14.6 Å². The molecule has 0 radical (unpaired) electrons. The van der Waals surface area contributed by atoms with Crippen molar-refractivity contribution in [3.8, 4) is 11.3 Å². The van der Waals surface area contributed by atoms with Crippen LogP contribution in [0.3, 0.4) is 0 Å². The monoisotopic (exact) mass is 353 g/mol. The van der Waals surface area contributed by atoms with Gasteiger partial charge in [-0.3, -0.25) is 9.67 Å². The Bertz CT molecular complexity index is 879. The van der Waals surface area contributed by atoms with E-state index >= 15 is 0 Å². The maximum absolute atomic E-state index is 5.84. The number of aromatic nitrogens is 4. The van der Waals surface area contributed by atoms with Crippen LogP contribution in [-0.2, 0) is 20.1 Å². The maximum Gasteiger partial charge on any atom is 0.214 e. The van der Waals surface area contributed by atoms with E-state index < -0.39 is 0 Å². The molecule has 3 aromatic rings. The molecule has 0 atom stereocenters. The van der Waals surface area contributed by atoms with Gasteiger partial charge in [-0.1, -0.05) is 29.8 Å². The molecular weight excluding hydrogens is 330 g/mol. The molecule has 2 heterocycles. The zero-order valence-electron chi connectivity index (χ0n) is 15.5. The second kappa shape index (κ2) is 7.81. The lowest BCUT2D eigenvalue weighted by Crippen LogP contribution is -2.38. The second-order valence-corrected chi connectivity index (χ2v) is 6.04. The van der Waals surface area contributed by atoms with E-state index in [1.165, 1.54) is 5.56 Å². The SMILES string of the molecule is CN=C(NCc1ncc(-c2ccc(C)cc2)o1)N(C)Cc1ncnn1C. The first kappa shape index (κ1) is 17.7. The molecule has 0 fully saturated rings. The summed E-state index contributed by atoms with van der Waals surface area (Å²) in [6.45, 7) is 3.10. The van der Waals surface area contributed by atoms with Gasteiger partial charge in [0.15, 0.2) is 11.7 Å². The fourth-order valence-electron chi connectivity index (χ4n) is 2.53. The molecule has 0 aliphatic carbocycles. The molecule has 8 heteroatoms. The van der Waals surface area contributed by atoms with Crippen molar-refractivity contribution in [2.45, 2.75) is 20.0 Å². The Kier molecular flexibility index (Phi) is 5.31. The van der Waals surface area contributed by atoms with E-state index in [0.29, 0.717) is 19.0 Å². The normalized spacial score (nSPS) is 11.6. The molecule has 0 saturated heterocycles. The van der Waals surface area contributed by atoms with Crippen LogP contribution in [0.25, 0.3) is 11.3 Å². The van der Waals surface area contributed by atoms with Crippen molar-refractivity contribution in [2.24, 2.45) is 12.0 Å². The van der Waals surface area contributed by atoms with Gasteiger partial charge in [0.2, 0.25) is 5.89 Å². The standard InChI is InChI=1S/C18H23N7O/c1-13-5-7-14(8-6-13)15-9-20-17(26-15)10-21-18(19-2)24(3)11-16-22-12-23-25(16)4/h5-9,12H,10-11H2,1-4H3,(H,19,21). The van der Waals surface area contributed by atoms with Crippen LogP contribution in [0.4, 0.5) is 0 Å². The summed E-state index contributed by atoms with van der Waals surface area (Å²) in [6.07, 6.45) is 3.28. The number of benzene rings is 1. The van der Waals surface area contributed by atoms with Gasteiger partial charge in [-0.05, 0) is 6.92 Å². The van der Waals surface area contributed by atoms with E-state index in [4.69, 9.17) is 4.42 Å². The maximum atomic E-state index is 5.84.